The SMILES string of the molecule is O=C(COc1ccccc1)N1CCSC1c1ccco1. The number of nitrogens with zero attached hydrogens (tertiary/aromatic N) is 1. The van der Waals surface area contributed by atoms with E-state index in [1.54, 1.807) is 18.0 Å². The summed E-state index contributed by atoms with van der Waals surface area (Å²) in [5.41, 5.74) is 0. The monoisotopic (exact) mass is 289 g/mol. The maximum atomic E-state index is 12.3. The summed E-state index contributed by atoms with van der Waals surface area (Å²) in [6, 6.07) is 13.1. The highest BCUT2D eigenvalue weighted by Gasteiger charge is 2.32. The average molecular weight is 289 g/mol. The molecular weight excluding hydrogens is 274 g/mol. The molecule has 5 heteroatoms. The molecule has 1 aliphatic heterocycles. The highest BCUT2D eigenvalue weighted by molar-refractivity contribution is 7.99. The Hall–Kier alpha value is -1.88. The molecule has 1 saturated heterocycles. The van der Waals surface area contributed by atoms with Crippen LogP contribution in [0.5, 0.6) is 5.75 Å². The number of rotatable bonds is 4. The number of benzene rings is 1. The minimum absolute atomic E-state index is 0.0137. The van der Waals surface area contributed by atoms with Crippen LogP contribution in [0.4, 0.5) is 0 Å². The molecule has 2 heterocycles. The second-order valence-corrected chi connectivity index (χ2v) is 5.62. The summed E-state index contributed by atoms with van der Waals surface area (Å²) in [5.74, 6) is 2.44. The van der Waals surface area contributed by atoms with Crippen molar-refractivity contribution in [1.82, 2.24) is 4.90 Å². The topological polar surface area (TPSA) is 42.7 Å². The number of para-hydroxylation sites is 1. The molecule has 1 fully saturated rings. The molecule has 1 aromatic heterocycles. The van der Waals surface area contributed by atoms with Gasteiger partial charge >= 0.3 is 0 Å². The van der Waals surface area contributed by atoms with Crippen molar-refractivity contribution >= 4 is 17.7 Å². The maximum absolute atomic E-state index is 12.3. The Balaban J connectivity index is 1.62. The van der Waals surface area contributed by atoms with Gasteiger partial charge in [0.25, 0.3) is 5.91 Å². The number of hydrogen-bond donors (Lipinski definition) is 0. The lowest BCUT2D eigenvalue weighted by Crippen LogP contribution is -2.34. The van der Waals surface area contributed by atoms with Crippen LogP contribution in [0.3, 0.4) is 0 Å². The molecule has 4 nitrogen and oxygen atoms in total. The van der Waals surface area contributed by atoms with Crippen LogP contribution < -0.4 is 4.74 Å². The van der Waals surface area contributed by atoms with E-state index in [0.717, 1.165) is 18.1 Å². The molecule has 3 rings (SSSR count). The summed E-state index contributed by atoms with van der Waals surface area (Å²) >= 11 is 1.71. The van der Waals surface area contributed by atoms with E-state index in [0.29, 0.717) is 5.75 Å². The van der Waals surface area contributed by atoms with E-state index in [2.05, 4.69) is 0 Å². The fraction of sp³-hybridized carbons (Fsp3) is 0.267. The molecular formula is C15H15NO3S. The van der Waals surface area contributed by atoms with E-state index < -0.39 is 0 Å². The van der Waals surface area contributed by atoms with Crippen LogP contribution in [0.15, 0.2) is 53.1 Å². The number of furan rings is 1. The van der Waals surface area contributed by atoms with E-state index >= 15 is 0 Å². The number of carbonyl (C=O) groups excluding carboxylic acids is 1. The van der Waals surface area contributed by atoms with E-state index in [1.807, 2.05) is 47.4 Å². The number of thioether (sulfide) groups is 1. The van der Waals surface area contributed by atoms with Crippen molar-refractivity contribution in [3.05, 3.63) is 54.5 Å². The van der Waals surface area contributed by atoms with Crippen LogP contribution in [0.2, 0.25) is 0 Å². The fourth-order valence-electron chi connectivity index (χ4n) is 2.14. The smallest absolute Gasteiger partial charge is 0.261 e. The summed E-state index contributed by atoms with van der Waals surface area (Å²) in [4.78, 5) is 14.1. The van der Waals surface area contributed by atoms with Crippen LogP contribution in [0.25, 0.3) is 0 Å². The fourth-order valence-corrected chi connectivity index (χ4v) is 3.36. The summed E-state index contributed by atoms with van der Waals surface area (Å²) in [5, 5.41) is -0.0307. The predicted molar refractivity (Wildman–Crippen MR) is 77.6 cm³/mol. The van der Waals surface area contributed by atoms with Crippen LogP contribution in [0, 0.1) is 0 Å². The van der Waals surface area contributed by atoms with Crippen molar-refractivity contribution in [3.8, 4) is 5.75 Å². The molecule has 1 atom stereocenters. The zero-order chi connectivity index (χ0) is 13.8. The van der Waals surface area contributed by atoms with Gasteiger partial charge in [-0.15, -0.1) is 11.8 Å². The number of carbonyl (C=O) groups is 1. The molecule has 1 amide bonds. The quantitative estimate of drug-likeness (QED) is 0.868. The van der Waals surface area contributed by atoms with Gasteiger partial charge < -0.3 is 14.1 Å². The van der Waals surface area contributed by atoms with Gasteiger partial charge in [-0.3, -0.25) is 4.79 Å². The van der Waals surface area contributed by atoms with Crippen molar-refractivity contribution < 1.29 is 13.9 Å². The van der Waals surface area contributed by atoms with Crippen molar-refractivity contribution in [2.24, 2.45) is 0 Å². The maximum Gasteiger partial charge on any atom is 0.261 e. The summed E-state index contributed by atoms with van der Waals surface area (Å²) < 4.78 is 10.9. The second-order valence-electron chi connectivity index (χ2n) is 4.43. The largest absolute Gasteiger partial charge is 0.484 e. The third-order valence-electron chi connectivity index (χ3n) is 3.10. The highest BCUT2D eigenvalue weighted by atomic mass is 32.2. The minimum Gasteiger partial charge on any atom is -0.484 e. The van der Waals surface area contributed by atoms with Crippen LogP contribution >= 0.6 is 11.8 Å². The third-order valence-corrected chi connectivity index (χ3v) is 4.32. The van der Waals surface area contributed by atoms with Gasteiger partial charge in [0, 0.05) is 12.3 Å². The molecule has 0 aliphatic carbocycles. The molecule has 0 bridgehead atoms. The van der Waals surface area contributed by atoms with Crippen LogP contribution in [-0.4, -0.2) is 29.7 Å². The molecule has 1 unspecified atom stereocenters. The lowest BCUT2D eigenvalue weighted by Gasteiger charge is -2.22. The van der Waals surface area contributed by atoms with Gasteiger partial charge in [-0.1, -0.05) is 18.2 Å². The molecule has 2 aromatic rings. The molecule has 1 aliphatic rings. The molecule has 0 radical (unpaired) electrons. The van der Waals surface area contributed by atoms with Crippen molar-refractivity contribution in [1.29, 1.82) is 0 Å². The molecule has 0 saturated carbocycles. The zero-order valence-corrected chi connectivity index (χ0v) is 11.7. The van der Waals surface area contributed by atoms with E-state index in [4.69, 9.17) is 9.15 Å². The van der Waals surface area contributed by atoms with Gasteiger partial charge in [-0.2, -0.15) is 0 Å². The first-order valence-corrected chi connectivity index (χ1v) is 7.52. The van der Waals surface area contributed by atoms with E-state index in [-0.39, 0.29) is 17.9 Å². The highest BCUT2D eigenvalue weighted by Crippen LogP contribution is 2.37. The Labute approximate surface area is 121 Å². The predicted octanol–water partition coefficient (Wildman–Crippen LogP) is 2.93. The Morgan fingerprint density at radius 1 is 1.30 bits per heavy atom. The second kappa shape index (κ2) is 6.05. The van der Waals surface area contributed by atoms with Gasteiger partial charge in [-0.05, 0) is 24.3 Å². The molecule has 1 aromatic carbocycles. The Kier molecular flexibility index (Phi) is 3.97. The standard InChI is InChI=1S/C15H15NO3S/c17-14(11-19-12-5-2-1-3-6-12)16-8-10-20-15(16)13-7-4-9-18-13/h1-7,9,15H,8,10-11H2. The summed E-state index contributed by atoms with van der Waals surface area (Å²) in [7, 11) is 0. The average Bonchev–Trinajstić information content (AvgIpc) is 3.15. The Bertz CT molecular complexity index is 556. The number of amides is 1. The summed E-state index contributed by atoms with van der Waals surface area (Å²) in [6.45, 7) is 0.787. The van der Waals surface area contributed by atoms with Gasteiger partial charge in [0.1, 0.15) is 16.9 Å². The first kappa shape index (κ1) is 13.1. The van der Waals surface area contributed by atoms with Crippen LogP contribution in [-0.2, 0) is 4.79 Å². The Morgan fingerprint density at radius 3 is 2.90 bits per heavy atom. The first-order chi connectivity index (χ1) is 9.84. The first-order valence-electron chi connectivity index (χ1n) is 6.47. The number of hydrogen-bond acceptors (Lipinski definition) is 4. The van der Waals surface area contributed by atoms with Gasteiger partial charge in [-0.25, -0.2) is 0 Å². The van der Waals surface area contributed by atoms with E-state index in [9.17, 15) is 4.79 Å². The van der Waals surface area contributed by atoms with Crippen molar-refractivity contribution in [3.63, 3.8) is 0 Å². The summed E-state index contributed by atoms with van der Waals surface area (Å²) in [6.07, 6.45) is 1.64. The normalized spacial score (nSPS) is 18.2. The lowest BCUT2D eigenvalue weighted by atomic mass is 10.3. The zero-order valence-electron chi connectivity index (χ0n) is 10.9. The lowest BCUT2D eigenvalue weighted by molar-refractivity contribution is -0.133. The Morgan fingerprint density at radius 2 is 2.15 bits per heavy atom. The molecule has 0 N–H and O–H groups in total. The molecule has 104 valence electrons. The van der Waals surface area contributed by atoms with Gasteiger partial charge in [0.05, 0.1) is 6.26 Å². The number of ether oxygens (including phenoxy) is 1. The van der Waals surface area contributed by atoms with Gasteiger partial charge in [0.15, 0.2) is 6.61 Å². The van der Waals surface area contributed by atoms with Crippen LogP contribution in [0.1, 0.15) is 11.1 Å². The minimum atomic E-state index is -0.0307. The molecule has 0 spiro atoms. The van der Waals surface area contributed by atoms with Crippen molar-refractivity contribution in [2.75, 3.05) is 18.9 Å². The van der Waals surface area contributed by atoms with Gasteiger partial charge in [0.2, 0.25) is 0 Å². The third kappa shape index (κ3) is 2.82. The van der Waals surface area contributed by atoms with E-state index in [1.165, 1.54) is 0 Å². The van der Waals surface area contributed by atoms with Crippen molar-refractivity contribution in [2.45, 2.75) is 5.37 Å². The molecule has 20 heavy (non-hydrogen) atoms.